The monoisotopic (exact) mass is 482 g/mol. The van der Waals surface area contributed by atoms with Crippen LogP contribution in [0.3, 0.4) is 0 Å². The van der Waals surface area contributed by atoms with E-state index in [0.29, 0.717) is 5.95 Å². The molecule has 0 unspecified atom stereocenters. The van der Waals surface area contributed by atoms with Crippen molar-refractivity contribution in [1.82, 2.24) is 24.4 Å². The third-order valence-corrected chi connectivity index (χ3v) is 6.48. The zero-order valence-corrected chi connectivity index (χ0v) is 21.6. The van der Waals surface area contributed by atoms with Crippen molar-refractivity contribution in [3.63, 3.8) is 0 Å². The van der Waals surface area contributed by atoms with Gasteiger partial charge in [-0.15, -0.1) is 0 Å². The fourth-order valence-corrected chi connectivity index (χ4v) is 4.61. The molecule has 0 fully saturated rings. The molecule has 36 heavy (non-hydrogen) atoms. The normalized spacial score (nSPS) is 11.5. The molecule has 186 valence electrons. The number of nitrogens with zero attached hydrogens (tertiary/aromatic N) is 5. The number of nitrogens with one attached hydrogen (secondary N) is 3. The van der Waals surface area contributed by atoms with E-state index in [0.717, 1.165) is 53.3 Å². The van der Waals surface area contributed by atoms with Gasteiger partial charge < -0.3 is 30.0 Å². The van der Waals surface area contributed by atoms with Crippen molar-refractivity contribution in [2.24, 2.45) is 7.05 Å². The first kappa shape index (κ1) is 23.7. The van der Waals surface area contributed by atoms with E-state index in [1.54, 1.807) is 0 Å². The predicted octanol–water partition coefficient (Wildman–Crippen LogP) is 5.29. The second kappa shape index (κ2) is 9.91. The van der Waals surface area contributed by atoms with Crippen LogP contribution >= 0.6 is 0 Å². The van der Waals surface area contributed by atoms with Crippen LogP contribution in [0.25, 0.3) is 33.2 Å². The van der Waals surface area contributed by atoms with E-state index in [9.17, 15) is 0 Å². The molecule has 5 aromatic rings. The van der Waals surface area contributed by atoms with Crippen LogP contribution in [0.15, 0.2) is 60.9 Å². The molecule has 0 saturated carbocycles. The maximum absolute atomic E-state index is 4.99. The molecular weight excluding hydrogens is 448 g/mol. The lowest BCUT2D eigenvalue weighted by molar-refractivity contribution is 0.416. The molecule has 0 spiro atoms. The van der Waals surface area contributed by atoms with E-state index in [4.69, 9.17) is 9.97 Å². The van der Waals surface area contributed by atoms with Crippen molar-refractivity contribution in [3.8, 4) is 11.3 Å². The maximum Gasteiger partial charge on any atom is 0.229 e. The topological polar surface area (TPSA) is 77.0 Å². The summed E-state index contributed by atoms with van der Waals surface area (Å²) in [5, 5.41) is 9.14. The Bertz CT molecular complexity index is 1500. The lowest BCUT2D eigenvalue weighted by atomic mass is 10.1. The molecule has 0 bridgehead atoms. The van der Waals surface area contributed by atoms with Crippen LogP contribution in [0, 0.1) is 0 Å². The molecule has 0 radical (unpaired) electrons. The van der Waals surface area contributed by atoms with Gasteiger partial charge in [0, 0.05) is 73.7 Å². The second-order valence-electron chi connectivity index (χ2n) is 9.42. The summed E-state index contributed by atoms with van der Waals surface area (Å²) < 4.78 is 2.15. The van der Waals surface area contributed by atoms with Crippen molar-refractivity contribution in [2.75, 3.05) is 56.3 Å². The van der Waals surface area contributed by atoms with Crippen LogP contribution in [0.4, 0.5) is 23.0 Å². The van der Waals surface area contributed by atoms with Crippen LogP contribution < -0.4 is 15.5 Å². The summed E-state index contributed by atoms with van der Waals surface area (Å²) in [6, 6.07) is 16.8. The van der Waals surface area contributed by atoms with Gasteiger partial charge in [-0.1, -0.05) is 18.2 Å². The zero-order chi connectivity index (χ0) is 25.2. The van der Waals surface area contributed by atoms with E-state index in [1.807, 2.05) is 12.3 Å². The number of hydrogen-bond donors (Lipinski definition) is 3. The molecule has 2 aromatic carbocycles. The molecule has 8 heteroatoms. The minimum absolute atomic E-state index is 0.559. The second-order valence-corrected chi connectivity index (χ2v) is 9.42. The number of rotatable bonds is 9. The summed E-state index contributed by atoms with van der Waals surface area (Å²) in [5.74, 6) is 0.559. The fourth-order valence-electron chi connectivity index (χ4n) is 4.61. The number of anilines is 4. The average molecular weight is 483 g/mol. The SMILES string of the molecule is CCNc1cc(Nc2nc(-c3cn(C)c4ccccc34)c3cc[nH]c3n2)ccc1N(C)CCN(C)C. The Balaban J connectivity index is 1.51. The summed E-state index contributed by atoms with van der Waals surface area (Å²) in [6.07, 6.45) is 4.06. The lowest BCUT2D eigenvalue weighted by Gasteiger charge is -2.25. The summed E-state index contributed by atoms with van der Waals surface area (Å²) in [6.45, 7) is 4.89. The molecule has 0 atom stereocenters. The van der Waals surface area contributed by atoms with E-state index < -0.39 is 0 Å². The summed E-state index contributed by atoms with van der Waals surface area (Å²) in [5.41, 5.74) is 7.17. The molecule has 0 aliphatic carbocycles. The Kier molecular flexibility index (Phi) is 6.52. The highest BCUT2D eigenvalue weighted by molar-refractivity contribution is 6.02. The Hall–Kier alpha value is -4.04. The molecule has 3 heterocycles. The molecule has 5 rings (SSSR count). The molecule has 8 nitrogen and oxygen atoms in total. The number of likely N-dealkylation sites (N-methyl/N-ethyl adjacent to an activating group) is 2. The van der Waals surface area contributed by atoms with Gasteiger partial charge in [0.05, 0.1) is 17.1 Å². The predicted molar refractivity (Wildman–Crippen MR) is 152 cm³/mol. The summed E-state index contributed by atoms with van der Waals surface area (Å²) in [4.78, 5) is 17.5. The first-order valence-corrected chi connectivity index (χ1v) is 12.3. The third kappa shape index (κ3) is 4.59. The number of H-pyrrole nitrogens is 1. The number of aromatic nitrogens is 4. The minimum atomic E-state index is 0.559. The van der Waals surface area contributed by atoms with E-state index in [-0.39, 0.29) is 0 Å². The van der Waals surface area contributed by atoms with E-state index >= 15 is 0 Å². The largest absolute Gasteiger partial charge is 0.384 e. The van der Waals surface area contributed by atoms with E-state index in [2.05, 4.69) is 114 Å². The Morgan fingerprint density at radius 2 is 1.81 bits per heavy atom. The number of para-hydroxylation sites is 1. The molecular formula is C28H34N8. The summed E-state index contributed by atoms with van der Waals surface area (Å²) in [7, 11) is 8.39. The van der Waals surface area contributed by atoms with Gasteiger partial charge in [-0.2, -0.15) is 4.98 Å². The maximum atomic E-state index is 4.99. The minimum Gasteiger partial charge on any atom is -0.384 e. The highest BCUT2D eigenvalue weighted by Gasteiger charge is 2.16. The van der Waals surface area contributed by atoms with Gasteiger partial charge in [0.15, 0.2) is 0 Å². The molecule has 0 saturated heterocycles. The first-order chi connectivity index (χ1) is 17.4. The van der Waals surface area contributed by atoms with Crippen molar-refractivity contribution >= 4 is 44.9 Å². The lowest BCUT2D eigenvalue weighted by Crippen LogP contribution is -2.29. The molecule has 3 aromatic heterocycles. The van der Waals surface area contributed by atoms with Crippen LogP contribution in [-0.4, -0.2) is 65.2 Å². The Morgan fingerprint density at radius 1 is 0.972 bits per heavy atom. The van der Waals surface area contributed by atoms with Gasteiger partial charge >= 0.3 is 0 Å². The number of benzene rings is 2. The van der Waals surface area contributed by atoms with Crippen molar-refractivity contribution in [1.29, 1.82) is 0 Å². The average Bonchev–Trinajstić information content (AvgIpc) is 3.47. The number of fused-ring (bicyclic) bond motifs is 2. The Morgan fingerprint density at radius 3 is 2.61 bits per heavy atom. The molecule has 0 aliphatic rings. The fraction of sp³-hybridized carbons (Fsp3) is 0.286. The molecule has 0 aliphatic heterocycles. The van der Waals surface area contributed by atoms with E-state index in [1.165, 1.54) is 16.6 Å². The number of hydrogen-bond acceptors (Lipinski definition) is 6. The molecule has 0 amide bonds. The van der Waals surface area contributed by atoms with Crippen LogP contribution in [0.1, 0.15) is 6.92 Å². The van der Waals surface area contributed by atoms with Gasteiger partial charge in [0.2, 0.25) is 5.95 Å². The van der Waals surface area contributed by atoms with Gasteiger partial charge in [-0.05, 0) is 51.4 Å². The van der Waals surface area contributed by atoms with Crippen molar-refractivity contribution < 1.29 is 0 Å². The molecule has 3 N–H and O–H groups in total. The van der Waals surface area contributed by atoms with Crippen LogP contribution in [-0.2, 0) is 7.05 Å². The quantitative estimate of drug-likeness (QED) is 0.265. The number of aryl methyl sites for hydroxylation is 1. The number of aromatic amines is 1. The standard InChI is InChI=1S/C28H34N8/c1-6-29-23-17-19(11-12-25(23)35(4)16-15-34(2)3)31-28-32-26(21-13-14-30-27(21)33-28)22-18-36(5)24-10-8-7-9-20(22)24/h7-14,17-18,29H,6,15-16H2,1-5H3,(H2,30,31,32,33). The van der Waals surface area contributed by atoms with Gasteiger partial charge in [-0.25, -0.2) is 4.98 Å². The highest BCUT2D eigenvalue weighted by atomic mass is 15.2. The first-order valence-electron chi connectivity index (χ1n) is 12.3. The van der Waals surface area contributed by atoms with Gasteiger partial charge in [0.1, 0.15) is 5.65 Å². The highest BCUT2D eigenvalue weighted by Crippen LogP contribution is 2.35. The van der Waals surface area contributed by atoms with Gasteiger partial charge in [0.25, 0.3) is 0 Å². The summed E-state index contributed by atoms with van der Waals surface area (Å²) >= 11 is 0. The zero-order valence-electron chi connectivity index (χ0n) is 21.6. The van der Waals surface area contributed by atoms with Crippen LogP contribution in [0.5, 0.6) is 0 Å². The third-order valence-electron chi connectivity index (χ3n) is 6.48. The van der Waals surface area contributed by atoms with Crippen molar-refractivity contribution in [3.05, 3.63) is 60.9 Å². The van der Waals surface area contributed by atoms with Crippen LogP contribution in [0.2, 0.25) is 0 Å². The van der Waals surface area contributed by atoms with Gasteiger partial charge in [-0.3, -0.25) is 0 Å². The smallest absolute Gasteiger partial charge is 0.229 e. The van der Waals surface area contributed by atoms with Crippen molar-refractivity contribution in [2.45, 2.75) is 6.92 Å². The Labute approximate surface area is 212 Å².